The number of carbonyl (C=O) groups is 1. The van der Waals surface area contributed by atoms with Crippen LogP contribution in [0.15, 0.2) is 66.7 Å². The summed E-state index contributed by atoms with van der Waals surface area (Å²) >= 11 is 0. The maximum absolute atomic E-state index is 12.9. The van der Waals surface area contributed by atoms with Crippen LogP contribution in [-0.4, -0.2) is 26.9 Å². The Morgan fingerprint density at radius 2 is 1.31 bits per heavy atom. The zero-order valence-corrected chi connectivity index (χ0v) is 17.9. The van der Waals surface area contributed by atoms with Crippen molar-refractivity contribution in [3.63, 3.8) is 0 Å². The van der Waals surface area contributed by atoms with Gasteiger partial charge in [0.05, 0.1) is 21.3 Å². The average Bonchev–Trinajstić information content (AvgIpc) is 2.74. The predicted molar refractivity (Wildman–Crippen MR) is 112 cm³/mol. The first-order valence-corrected chi connectivity index (χ1v) is 9.59. The third-order valence-corrected chi connectivity index (χ3v) is 5.13. The molecular weight excluding hydrogens is 382 g/mol. The van der Waals surface area contributed by atoms with E-state index in [1.54, 1.807) is 19.2 Å². The molecule has 146 valence electrons. The second kappa shape index (κ2) is 10.9. The molecule has 29 heavy (non-hydrogen) atoms. The van der Waals surface area contributed by atoms with Crippen LogP contribution in [0.25, 0.3) is 0 Å². The van der Waals surface area contributed by atoms with E-state index in [4.69, 9.17) is 18.9 Å². The van der Waals surface area contributed by atoms with Crippen LogP contribution in [0, 0.1) is 0 Å². The predicted octanol–water partition coefficient (Wildman–Crippen LogP) is 1.77. The molecule has 0 saturated carbocycles. The summed E-state index contributed by atoms with van der Waals surface area (Å²) in [6.07, 6.45) is 0. The fourth-order valence-corrected chi connectivity index (χ4v) is 3.62. The molecule has 0 spiro atoms. The van der Waals surface area contributed by atoms with Gasteiger partial charge in [0, 0.05) is 12.1 Å². The topological polar surface area (TPSA) is 54.0 Å². The van der Waals surface area contributed by atoms with E-state index in [0.717, 1.165) is 11.1 Å². The minimum absolute atomic E-state index is 0. The van der Waals surface area contributed by atoms with Gasteiger partial charge in [0.15, 0.2) is 5.52 Å². The summed E-state index contributed by atoms with van der Waals surface area (Å²) in [6.45, 7) is 0. The van der Waals surface area contributed by atoms with Crippen molar-refractivity contribution in [2.45, 2.75) is 0 Å². The van der Waals surface area contributed by atoms with Crippen LogP contribution >= 0.6 is 8.58 Å². The van der Waals surface area contributed by atoms with Gasteiger partial charge < -0.3 is 20.4 Å². The summed E-state index contributed by atoms with van der Waals surface area (Å²) in [5, 5.41) is 0.894. The molecule has 0 aromatic heterocycles. The minimum Gasteiger partial charge on any atom is -1.00 e. The monoisotopic (exact) mass is 404 g/mol. The van der Waals surface area contributed by atoms with E-state index in [9.17, 15) is 4.79 Å². The number of benzene rings is 3. The molecule has 0 aliphatic heterocycles. The van der Waals surface area contributed by atoms with Crippen molar-refractivity contribution >= 4 is 19.4 Å². The number of methoxy groups -OCH3 is 3. The van der Waals surface area contributed by atoms with Gasteiger partial charge in [0.1, 0.15) is 34.3 Å². The Balaban J connectivity index is 0.00000225. The fraction of sp³-hybridized carbons (Fsp3) is 0.136. The normalized spacial score (nSPS) is 10.3. The van der Waals surface area contributed by atoms with Crippen molar-refractivity contribution < 1.29 is 44.0 Å². The van der Waals surface area contributed by atoms with Crippen LogP contribution in [0.3, 0.4) is 0 Å². The van der Waals surface area contributed by atoms with Crippen LogP contribution < -0.4 is 43.1 Å². The van der Waals surface area contributed by atoms with E-state index in [1.807, 2.05) is 54.6 Å². The summed E-state index contributed by atoms with van der Waals surface area (Å²) in [4.78, 5) is 12.9. The molecule has 7 heteroatoms. The first-order valence-electron chi connectivity index (χ1n) is 8.59. The van der Waals surface area contributed by atoms with E-state index >= 15 is 0 Å². The minimum atomic E-state index is -0.0790. The third-order valence-electron chi connectivity index (χ3n) is 4.03. The summed E-state index contributed by atoms with van der Waals surface area (Å²) in [7, 11) is 4.51. The number of carbonyl (C=O) groups excluding carboxylic acids is 1. The van der Waals surface area contributed by atoms with E-state index in [2.05, 4.69) is 0 Å². The summed E-state index contributed by atoms with van der Waals surface area (Å²) in [5.41, 5.74) is 0.335. The Morgan fingerprint density at radius 3 is 1.83 bits per heavy atom. The Labute approximate surface area is 185 Å². The van der Waals surface area contributed by atoms with Gasteiger partial charge in [-0.25, -0.2) is 0 Å². The number of hydrogen-bond donors (Lipinski definition) is 0. The second-order valence-electron chi connectivity index (χ2n) is 5.80. The Morgan fingerprint density at radius 1 is 0.759 bits per heavy atom. The molecule has 0 amide bonds. The molecule has 1 atom stereocenters. The third kappa shape index (κ3) is 5.78. The number of para-hydroxylation sites is 1. The maximum Gasteiger partial charge on any atom is 1.00 e. The van der Waals surface area contributed by atoms with Gasteiger partial charge in [-0.1, -0.05) is 30.3 Å². The largest absolute Gasteiger partial charge is 1.00 e. The number of hydrogen-bond acceptors (Lipinski definition) is 5. The molecule has 0 radical (unpaired) electrons. The smallest absolute Gasteiger partial charge is 1.00 e. The second-order valence-corrected chi connectivity index (χ2v) is 7.08. The summed E-state index contributed by atoms with van der Waals surface area (Å²) < 4.78 is 21.8. The van der Waals surface area contributed by atoms with E-state index in [1.165, 1.54) is 14.2 Å². The quantitative estimate of drug-likeness (QED) is 0.423. The number of rotatable bonds is 8. The zero-order chi connectivity index (χ0) is 19.9. The van der Waals surface area contributed by atoms with Gasteiger partial charge in [0.2, 0.25) is 0 Å². The molecule has 1 unspecified atom stereocenters. The van der Waals surface area contributed by atoms with Gasteiger partial charge in [0.25, 0.3) is 0 Å². The fourth-order valence-electron chi connectivity index (χ4n) is 2.65. The maximum atomic E-state index is 12.9. The summed E-state index contributed by atoms with van der Waals surface area (Å²) in [5.74, 6) is 2.90. The van der Waals surface area contributed by atoms with Gasteiger partial charge in [-0.2, -0.15) is 0 Å². The van der Waals surface area contributed by atoms with Crippen molar-refractivity contribution in [3.8, 4) is 28.7 Å². The first kappa shape index (κ1) is 22.8. The Kier molecular flexibility index (Phi) is 8.61. The molecule has 0 heterocycles. The summed E-state index contributed by atoms with van der Waals surface area (Å²) in [6, 6.07) is 20.4. The first-order chi connectivity index (χ1) is 13.6. The molecule has 5 nitrogen and oxygen atoms in total. The van der Waals surface area contributed by atoms with E-state index in [0.29, 0.717) is 28.6 Å². The molecule has 0 saturated heterocycles. The van der Waals surface area contributed by atoms with Gasteiger partial charge in [-0.3, -0.25) is 4.79 Å². The molecule has 0 fully saturated rings. The molecule has 0 aliphatic carbocycles. The van der Waals surface area contributed by atoms with Gasteiger partial charge in [-0.15, -0.1) is 0 Å². The van der Waals surface area contributed by atoms with Crippen molar-refractivity contribution in [2.24, 2.45) is 0 Å². The molecule has 3 rings (SSSR count). The van der Waals surface area contributed by atoms with Crippen molar-refractivity contribution in [1.29, 1.82) is 0 Å². The van der Waals surface area contributed by atoms with Crippen molar-refractivity contribution in [2.75, 3.05) is 21.3 Å². The van der Waals surface area contributed by atoms with Crippen LogP contribution in [0.2, 0.25) is 0 Å². The Bertz CT molecular complexity index is 926. The van der Waals surface area contributed by atoms with E-state index in [-0.39, 0.29) is 34.4 Å². The van der Waals surface area contributed by atoms with Crippen LogP contribution in [0.1, 0.15) is 11.8 Å². The Hall–Kier alpha value is -2.44. The van der Waals surface area contributed by atoms with Gasteiger partial charge in [-0.05, 0) is 38.2 Å². The van der Waals surface area contributed by atoms with Crippen molar-refractivity contribution in [1.82, 2.24) is 0 Å². The zero-order valence-electron chi connectivity index (χ0n) is 17.9. The average molecular weight is 404 g/mol. The molecule has 0 bridgehead atoms. The molecule has 3 aromatic rings. The van der Waals surface area contributed by atoms with Crippen molar-refractivity contribution in [3.05, 3.63) is 72.3 Å². The number of ether oxygens (including phenoxy) is 4. The van der Waals surface area contributed by atoms with Crippen LogP contribution in [0.5, 0.6) is 28.7 Å². The molecular formula is C22H22LiO5P. The molecule has 0 N–H and O–H groups in total. The van der Waals surface area contributed by atoms with E-state index < -0.39 is 0 Å². The van der Waals surface area contributed by atoms with Gasteiger partial charge >= 0.3 is 18.9 Å². The standard InChI is InChI=1S/C22H21O5P.Li.H/c1-24-17-13-19(25-2)21(20(14-17)26-3)22(23)28-18-11-9-16(10-12-18)27-15-7-5-4-6-8-15;;/h4-14,28H,1-3H3;;/q;+1;-1. The SMILES string of the molecule is COc1cc(OC)c(C(=O)Pc2ccc(Oc3ccccc3)cc2)c(OC)c1.[H-].[Li+]. The molecule has 0 aliphatic rings. The van der Waals surface area contributed by atoms with Crippen LogP contribution in [0.4, 0.5) is 0 Å². The van der Waals surface area contributed by atoms with Crippen LogP contribution in [-0.2, 0) is 0 Å². The molecule has 3 aromatic carbocycles.